The van der Waals surface area contributed by atoms with Gasteiger partial charge in [0.2, 0.25) is 0 Å². The smallest absolute Gasteiger partial charge is 0.314 e. The first-order valence-corrected chi connectivity index (χ1v) is 6.79. The van der Waals surface area contributed by atoms with Gasteiger partial charge < -0.3 is 24.4 Å². The van der Waals surface area contributed by atoms with E-state index in [1.54, 1.807) is 0 Å². The van der Waals surface area contributed by atoms with Crippen molar-refractivity contribution >= 4 is 5.97 Å². The normalized spacial score (nSPS) is 44.3. The number of fused-ring (bicyclic) bond motifs is 1. The Morgan fingerprint density at radius 2 is 1.84 bits per heavy atom. The summed E-state index contributed by atoms with van der Waals surface area (Å²) in [5, 5.41) is 19.6. The highest BCUT2D eigenvalue weighted by Crippen LogP contribution is 2.54. The number of carbonyl (C=O) groups excluding carboxylic acids is 1. The number of rotatable bonds is 1. The molecule has 0 aromatic heterocycles. The number of aliphatic hydroxyl groups excluding tert-OH is 2. The minimum absolute atomic E-state index is 0.0519. The maximum Gasteiger partial charge on any atom is 0.314 e. The topological polar surface area (TPSA) is 85.2 Å². The average molecular weight is 272 g/mol. The monoisotopic (exact) mass is 272 g/mol. The third-order valence-corrected chi connectivity index (χ3v) is 4.79. The number of methoxy groups -OCH3 is 1. The summed E-state index contributed by atoms with van der Waals surface area (Å²) in [6, 6.07) is 0. The lowest BCUT2D eigenvalue weighted by Crippen LogP contribution is -2.44. The fourth-order valence-corrected chi connectivity index (χ4v) is 3.98. The van der Waals surface area contributed by atoms with Crippen LogP contribution in [0, 0.1) is 17.8 Å². The summed E-state index contributed by atoms with van der Waals surface area (Å²) in [5.41, 5.74) is 0. The molecule has 3 rings (SSSR count). The highest BCUT2D eigenvalue weighted by molar-refractivity contribution is 5.74. The maximum atomic E-state index is 12.1. The maximum absolute atomic E-state index is 12.1. The summed E-state index contributed by atoms with van der Waals surface area (Å²) in [7, 11) is 1.35. The quantitative estimate of drug-likeness (QED) is 0.636. The van der Waals surface area contributed by atoms with Crippen molar-refractivity contribution in [1.29, 1.82) is 0 Å². The van der Waals surface area contributed by atoms with Crippen LogP contribution in [0.1, 0.15) is 19.3 Å². The molecule has 1 aliphatic heterocycles. The molecule has 6 nitrogen and oxygen atoms in total. The Kier molecular flexibility index (Phi) is 3.29. The first-order chi connectivity index (χ1) is 9.07. The Labute approximate surface area is 111 Å². The molecular weight excluding hydrogens is 252 g/mol. The molecule has 0 amide bonds. The van der Waals surface area contributed by atoms with E-state index in [2.05, 4.69) is 0 Å². The van der Waals surface area contributed by atoms with E-state index < -0.39 is 23.9 Å². The minimum atomic E-state index is -0.911. The SMILES string of the molecule is COC(=O)[C@H]1[C@@H]2C[C@@H](O)[C@@H](O)C[C@H]2CC12OCCO2. The predicted molar refractivity (Wildman–Crippen MR) is 63.0 cm³/mol. The Morgan fingerprint density at radius 3 is 2.47 bits per heavy atom. The zero-order chi connectivity index (χ0) is 13.6. The van der Waals surface area contributed by atoms with Crippen LogP contribution in [0.4, 0.5) is 0 Å². The van der Waals surface area contributed by atoms with Crippen molar-refractivity contribution in [2.24, 2.45) is 17.8 Å². The Morgan fingerprint density at radius 1 is 1.21 bits per heavy atom. The first kappa shape index (κ1) is 13.3. The van der Waals surface area contributed by atoms with Gasteiger partial charge in [0.15, 0.2) is 5.79 Å². The summed E-state index contributed by atoms with van der Waals surface area (Å²) < 4.78 is 16.3. The van der Waals surface area contributed by atoms with E-state index in [0.29, 0.717) is 32.5 Å². The van der Waals surface area contributed by atoms with Gasteiger partial charge in [0.1, 0.15) is 5.92 Å². The third kappa shape index (κ3) is 1.98. The van der Waals surface area contributed by atoms with Gasteiger partial charge >= 0.3 is 5.97 Å². The summed E-state index contributed by atoms with van der Waals surface area (Å²) in [6.45, 7) is 0.941. The molecule has 2 saturated carbocycles. The van der Waals surface area contributed by atoms with Gasteiger partial charge in [-0.05, 0) is 24.7 Å². The number of esters is 1. The van der Waals surface area contributed by atoms with Crippen molar-refractivity contribution < 1.29 is 29.2 Å². The lowest BCUT2D eigenvalue weighted by molar-refractivity contribution is -0.202. The molecule has 3 aliphatic rings. The molecule has 0 unspecified atom stereocenters. The summed E-state index contributed by atoms with van der Waals surface area (Å²) >= 11 is 0. The summed E-state index contributed by atoms with van der Waals surface area (Å²) in [6.07, 6.45) is -0.0595. The molecule has 0 bridgehead atoms. The predicted octanol–water partition coefficient (Wildman–Crippen LogP) is -0.330. The molecule has 1 heterocycles. The Bertz CT molecular complexity index is 364. The number of carbonyl (C=O) groups is 1. The van der Waals surface area contributed by atoms with Crippen LogP contribution in [0.5, 0.6) is 0 Å². The van der Waals surface area contributed by atoms with Crippen LogP contribution in [0.25, 0.3) is 0 Å². The zero-order valence-corrected chi connectivity index (χ0v) is 10.9. The number of aliphatic hydroxyl groups is 2. The molecule has 3 fully saturated rings. The number of hydrogen-bond donors (Lipinski definition) is 2. The second-order valence-electron chi connectivity index (χ2n) is 5.74. The molecule has 2 N–H and O–H groups in total. The van der Waals surface area contributed by atoms with E-state index in [1.165, 1.54) is 7.11 Å². The largest absolute Gasteiger partial charge is 0.469 e. The van der Waals surface area contributed by atoms with E-state index >= 15 is 0 Å². The number of ether oxygens (including phenoxy) is 3. The van der Waals surface area contributed by atoms with Crippen molar-refractivity contribution in [3.8, 4) is 0 Å². The van der Waals surface area contributed by atoms with Crippen LogP contribution in [-0.4, -0.2) is 54.5 Å². The molecule has 1 spiro atoms. The van der Waals surface area contributed by atoms with Gasteiger partial charge in [0, 0.05) is 6.42 Å². The summed E-state index contributed by atoms with van der Waals surface area (Å²) in [4.78, 5) is 12.1. The van der Waals surface area contributed by atoms with Crippen molar-refractivity contribution in [2.75, 3.05) is 20.3 Å². The molecule has 0 aromatic rings. The van der Waals surface area contributed by atoms with Crippen molar-refractivity contribution in [1.82, 2.24) is 0 Å². The van der Waals surface area contributed by atoms with Gasteiger partial charge in [-0.15, -0.1) is 0 Å². The van der Waals surface area contributed by atoms with Gasteiger partial charge in [0.25, 0.3) is 0 Å². The fraction of sp³-hybridized carbons (Fsp3) is 0.923. The van der Waals surface area contributed by atoms with Gasteiger partial charge in [-0.3, -0.25) is 4.79 Å². The van der Waals surface area contributed by atoms with Crippen molar-refractivity contribution in [3.05, 3.63) is 0 Å². The molecule has 108 valence electrons. The van der Waals surface area contributed by atoms with Gasteiger partial charge in [-0.1, -0.05) is 0 Å². The van der Waals surface area contributed by atoms with Gasteiger partial charge in [-0.25, -0.2) is 0 Å². The van der Waals surface area contributed by atoms with Gasteiger partial charge in [-0.2, -0.15) is 0 Å². The molecule has 2 aliphatic carbocycles. The third-order valence-electron chi connectivity index (χ3n) is 4.79. The lowest BCUT2D eigenvalue weighted by atomic mass is 9.75. The molecule has 0 aromatic carbocycles. The highest BCUT2D eigenvalue weighted by atomic mass is 16.7. The van der Waals surface area contributed by atoms with Crippen molar-refractivity contribution in [3.63, 3.8) is 0 Å². The second-order valence-corrected chi connectivity index (χ2v) is 5.74. The van der Waals surface area contributed by atoms with Crippen LogP contribution in [0.2, 0.25) is 0 Å². The molecule has 5 atom stereocenters. The van der Waals surface area contributed by atoms with Gasteiger partial charge in [0.05, 0.1) is 32.5 Å². The number of hydrogen-bond acceptors (Lipinski definition) is 6. The second kappa shape index (κ2) is 4.70. The standard InChI is InChI=1S/C13H20O6/c1-17-12(16)11-8-5-10(15)9(14)4-7(8)6-13(11)18-2-3-19-13/h7-11,14-15H,2-6H2,1H3/t7-,8+,9-,10+,11+/m0/s1. The minimum Gasteiger partial charge on any atom is -0.469 e. The van der Waals surface area contributed by atoms with Crippen LogP contribution < -0.4 is 0 Å². The van der Waals surface area contributed by atoms with Crippen molar-refractivity contribution in [2.45, 2.75) is 37.3 Å². The average Bonchev–Trinajstić information content (AvgIpc) is 2.95. The highest BCUT2D eigenvalue weighted by Gasteiger charge is 2.62. The molecule has 0 radical (unpaired) electrons. The van der Waals surface area contributed by atoms with E-state index in [4.69, 9.17) is 14.2 Å². The molecule has 6 heteroatoms. The van der Waals surface area contributed by atoms with E-state index in [9.17, 15) is 15.0 Å². The molecule has 19 heavy (non-hydrogen) atoms. The van der Waals surface area contributed by atoms with E-state index in [0.717, 1.165) is 0 Å². The molecule has 1 saturated heterocycles. The summed E-state index contributed by atoms with van der Waals surface area (Å²) in [5.74, 6) is -1.69. The zero-order valence-electron chi connectivity index (χ0n) is 10.9. The van der Waals surface area contributed by atoms with Crippen LogP contribution in [0.15, 0.2) is 0 Å². The Balaban J connectivity index is 1.90. The van der Waals surface area contributed by atoms with E-state index in [1.807, 2.05) is 0 Å². The Hall–Kier alpha value is -0.690. The van der Waals surface area contributed by atoms with Crippen LogP contribution >= 0.6 is 0 Å². The molecular formula is C13H20O6. The van der Waals surface area contributed by atoms with Crippen LogP contribution in [0.3, 0.4) is 0 Å². The van der Waals surface area contributed by atoms with Crippen LogP contribution in [-0.2, 0) is 19.0 Å². The first-order valence-electron chi connectivity index (χ1n) is 6.79. The fourth-order valence-electron chi connectivity index (χ4n) is 3.98. The lowest BCUT2D eigenvalue weighted by Gasteiger charge is -2.35. The van der Waals surface area contributed by atoms with E-state index in [-0.39, 0.29) is 17.8 Å².